The molecule has 0 N–H and O–H groups in total. The molecule has 142 valence electrons. The van der Waals surface area contributed by atoms with E-state index in [-0.39, 0.29) is 17.5 Å². The maximum absolute atomic E-state index is 14.0. The van der Waals surface area contributed by atoms with E-state index in [0.29, 0.717) is 45.9 Å². The number of thioether (sulfide) groups is 1. The first kappa shape index (κ1) is 19.5. The molecule has 1 aliphatic heterocycles. The highest BCUT2D eigenvalue weighted by Crippen LogP contribution is 2.28. The first-order valence-corrected chi connectivity index (χ1v) is 9.55. The Morgan fingerprint density at radius 3 is 2.59 bits per heavy atom. The van der Waals surface area contributed by atoms with Gasteiger partial charge in [0.2, 0.25) is 0 Å². The fraction of sp³-hybridized carbons (Fsp3) is 0.263. The van der Waals surface area contributed by atoms with Crippen LogP contribution in [0.4, 0.5) is 4.39 Å². The van der Waals surface area contributed by atoms with Gasteiger partial charge in [-0.25, -0.2) is 4.39 Å². The quantitative estimate of drug-likeness (QED) is 0.742. The summed E-state index contributed by atoms with van der Waals surface area (Å²) in [6.07, 6.45) is 0. The standard InChI is InChI=1S/C19H18ClFN2O3S/c1-25-13-8-12(9-14(10-13)26-2)18(24)23-7-6-22-19(23)27-11-15-16(20)4-3-5-17(15)21/h3-5,8-10H,6-7,11H2,1-2H3. The van der Waals surface area contributed by atoms with Crippen LogP contribution in [0.1, 0.15) is 15.9 Å². The number of halogens is 2. The zero-order valence-corrected chi connectivity index (χ0v) is 16.4. The third-order valence-electron chi connectivity index (χ3n) is 4.05. The maximum atomic E-state index is 14.0. The van der Waals surface area contributed by atoms with Crippen molar-refractivity contribution in [3.05, 3.63) is 58.4 Å². The molecule has 0 aromatic heterocycles. The number of methoxy groups -OCH3 is 2. The van der Waals surface area contributed by atoms with Crippen molar-refractivity contribution in [3.63, 3.8) is 0 Å². The van der Waals surface area contributed by atoms with Crippen LogP contribution in [0.3, 0.4) is 0 Å². The predicted molar refractivity (Wildman–Crippen MR) is 106 cm³/mol. The SMILES string of the molecule is COc1cc(OC)cc(C(=O)N2CCN=C2SCc2c(F)cccc2Cl)c1. The van der Waals surface area contributed by atoms with Crippen molar-refractivity contribution in [2.24, 2.45) is 4.99 Å². The number of hydrogen-bond acceptors (Lipinski definition) is 5. The van der Waals surface area contributed by atoms with Crippen molar-refractivity contribution in [2.75, 3.05) is 27.3 Å². The summed E-state index contributed by atoms with van der Waals surface area (Å²) in [6.45, 7) is 0.964. The fourth-order valence-corrected chi connectivity index (χ4v) is 4.02. The summed E-state index contributed by atoms with van der Waals surface area (Å²) < 4.78 is 24.4. The minimum Gasteiger partial charge on any atom is -0.497 e. The number of rotatable bonds is 5. The van der Waals surface area contributed by atoms with E-state index in [1.165, 1.54) is 32.0 Å². The molecule has 2 aromatic carbocycles. The number of ether oxygens (including phenoxy) is 2. The van der Waals surface area contributed by atoms with Crippen LogP contribution in [0.15, 0.2) is 41.4 Å². The van der Waals surface area contributed by atoms with E-state index in [2.05, 4.69) is 4.99 Å². The van der Waals surface area contributed by atoms with Crippen LogP contribution in [0.5, 0.6) is 11.5 Å². The smallest absolute Gasteiger partial charge is 0.260 e. The zero-order valence-electron chi connectivity index (χ0n) is 14.9. The number of hydrogen-bond donors (Lipinski definition) is 0. The van der Waals surface area contributed by atoms with E-state index < -0.39 is 0 Å². The van der Waals surface area contributed by atoms with E-state index in [0.717, 1.165) is 0 Å². The van der Waals surface area contributed by atoms with Gasteiger partial charge in [-0.05, 0) is 24.3 Å². The summed E-state index contributed by atoms with van der Waals surface area (Å²) in [4.78, 5) is 18.9. The maximum Gasteiger partial charge on any atom is 0.260 e. The second-order valence-electron chi connectivity index (χ2n) is 5.71. The average molecular weight is 409 g/mol. The highest BCUT2D eigenvalue weighted by molar-refractivity contribution is 8.13. The zero-order chi connectivity index (χ0) is 19.4. The number of carbonyl (C=O) groups excluding carboxylic acids is 1. The molecule has 0 atom stereocenters. The lowest BCUT2D eigenvalue weighted by molar-refractivity contribution is 0.0860. The largest absolute Gasteiger partial charge is 0.497 e. The molecule has 5 nitrogen and oxygen atoms in total. The highest BCUT2D eigenvalue weighted by atomic mass is 35.5. The van der Waals surface area contributed by atoms with Crippen LogP contribution in [0.25, 0.3) is 0 Å². The van der Waals surface area contributed by atoms with Crippen LogP contribution in [0, 0.1) is 5.82 Å². The van der Waals surface area contributed by atoms with Gasteiger partial charge in [0.25, 0.3) is 5.91 Å². The molecule has 0 saturated carbocycles. The molecule has 1 amide bonds. The van der Waals surface area contributed by atoms with Gasteiger partial charge in [0.1, 0.15) is 17.3 Å². The van der Waals surface area contributed by atoms with Crippen LogP contribution in [-0.4, -0.2) is 43.3 Å². The number of nitrogens with zero attached hydrogens (tertiary/aromatic N) is 2. The van der Waals surface area contributed by atoms with Gasteiger partial charge in [0, 0.05) is 34.5 Å². The molecule has 27 heavy (non-hydrogen) atoms. The monoisotopic (exact) mass is 408 g/mol. The lowest BCUT2D eigenvalue weighted by Crippen LogP contribution is -2.32. The number of aliphatic imine (C=N–C) groups is 1. The molecular weight excluding hydrogens is 391 g/mol. The summed E-state index contributed by atoms with van der Waals surface area (Å²) in [6, 6.07) is 9.57. The Labute approximate surface area is 166 Å². The van der Waals surface area contributed by atoms with E-state index in [4.69, 9.17) is 21.1 Å². The molecule has 0 spiro atoms. The van der Waals surface area contributed by atoms with E-state index in [9.17, 15) is 9.18 Å². The number of carbonyl (C=O) groups is 1. The summed E-state index contributed by atoms with van der Waals surface area (Å²) in [5.74, 6) is 0.761. The number of benzene rings is 2. The van der Waals surface area contributed by atoms with Gasteiger partial charge in [0.05, 0.1) is 20.8 Å². The average Bonchev–Trinajstić information content (AvgIpc) is 3.15. The predicted octanol–water partition coefficient (Wildman–Crippen LogP) is 4.24. The normalized spacial score (nSPS) is 13.5. The molecule has 0 saturated heterocycles. The molecule has 0 aliphatic carbocycles. The summed E-state index contributed by atoms with van der Waals surface area (Å²) in [7, 11) is 3.06. The van der Waals surface area contributed by atoms with Gasteiger partial charge in [-0.1, -0.05) is 29.4 Å². The molecule has 8 heteroatoms. The van der Waals surface area contributed by atoms with E-state index >= 15 is 0 Å². The van der Waals surface area contributed by atoms with E-state index in [1.807, 2.05) is 0 Å². The van der Waals surface area contributed by atoms with Crippen molar-refractivity contribution >= 4 is 34.4 Å². The molecule has 3 rings (SSSR count). The van der Waals surface area contributed by atoms with Crippen molar-refractivity contribution in [1.82, 2.24) is 4.90 Å². The van der Waals surface area contributed by atoms with Crippen LogP contribution in [-0.2, 0) is 5.75 Å². The van der Waals surface area contributed by atoms with Crippen LogP contribution >= 0.6 is 23.4 Å². The molecule has 2 aromatic rings. The van der Waals surface area contributed by atoms with Crippen molar-refractivity contribution in [3.8, 4) is 11.5 Å². The molecule has 1 heterocycles. The number of amidine groups is 1. The second kappa shape index (κ2) is 8.63. The lowest BCUT2D eigenvalue weighted by Gasteiger charge is -2.19. The Kier molecular flexibility index (Phi) is 6.23. The molecule has 0 radical (unpaired) electrons. The fourth-order valence-electron chi connectivity index (χ4n) is 2.63. The van der Waals surface area contributed by atoms with Crippen LogP contribution in [0.2, 0.25) is 5.02 Å². The second-order valence-corrected chi connectivity index (χ2v) is 7.06. The van der Waals surface area contributed by atoms with Gasteiger partial charge in [-0.2, -0.15) is 0 Å². The topological polar surface area (TPSA) is 51.1 Å². The van der Waals surface area contributed by atoms with Crippen molar-refractivity contribution in [1.29, 1.82) is 0 Å². The number of amides is 1. The minimum absolute atomic E-state index is 0.212. The highest BCUT2D eigenvalue weighted by Gasteiger charge is 2.26. The molecule has 1 aliphatic rings. The van der Waals surface area contributed by atoms with Gasteiger partial charge in [-0.3, -0.25) is 14.7 Å². The Morgan fingerprint density at radius 2 is 1.96 bits per heavy atom. The third-order valence-corrected chi connectivity index (χ3v) is 5.45. The third kappa shape index (κ3) is 4.36. The first-order chi connectivity index (χ1) is 13.0. The van der Waals surface area contributed by atoms with Gasteiger partial charge < -0.3 is 9.47 Å². The molecular formula is C19H18ClFN2O3S. The summed E-state index contributed by atoms with van der Waals surface area (Å²) in [5, 5.41) is 0.901. The Morgan fingerprint density at radius 1 is 1.26 bits per heavy atom. The van der Waals surface area contributed by atoms with Crippen LogP contribution < -0.4 is 9.47 Å². The molecule has 0 unspecified atom stereocenters. The van der Waals surface area contributed by atoms with Gasteiger partial charge in [0.15, 0.2) is 5.17 Å². The van der Waals surface area contributed by atoms with Gasteiger partial charge in [-0.15, -0.1) is 0 Å². The summed E-state index contributed by atoms with van der Waals surface area (Å²) in [5.41, 5.74) is 0.833. The first-order valence-electron chi connectivity index (χ1n) is 8.18. The lowest BCUT2D eigenvalue weighted by atomic mass is 10.1. The summed E-state index contributed by atoms with van der Waals surface area (Å²) >= 11 is 7.36. The van der Waals surface area contributed by atoms with Crippen molar-refractivity contribution < 1.29 is 18.7 Å². The van der Waals surface area contributed by atoms with Gasteiger partial charge >= 0.3 is 0 Å². The Bertz CT molecular complexity index is 849. The molecule has 0 fully saturated rings. The van der Waals surface area contributed by atoms with Crippen molar-refractivity contribution in [2.45, 2.75) is 5.75 Å². The molecule has 0 bridgehead atoms. The van der Waals surface area contributed by atoms with E-state index in [1.54, 1.807) is 35.2 Å². The minimum atomic E-state index is -0.371. The Hall–Kier alpha value is -2.25. The Balaban J connectivity index is 1.77.